The van der Waals surface area contributed by atoms with E-state index < -0.39 is 0 Å². The van der Waals surface area contributed by atoms with Crippen LogP contribution < -0.4 is 5.32 Å². The van der Waals surface area contributed by atoms with E-state index in [9.17, 15) is 4.79 Å². The van der Waals surface area contributed by atoms with Crippen molar-refractivity contribution in [3.63, 3.8) is 0 Å². The standard InChI is InChI=1S/C26H25N7O/c1-16-6-5-7-20(10-16)13-24(34)30-23-12-19(4)31-33(23)26-22-14-29-32(25(22)27-15-28-26)21-9-8-17(2)18(3)11-21/h5-12,14-15H,13H2,1-4H3,(H,30,34). The topological polar surface area (TPSA) is 90.5 Å². The van der Waals surface area contributed by atoms with Crippen molar-refractivity contribution in [1.82, 2.24) is 29.5 Å². The van der Waals surface area contributed by atoms with E-state index in [4.69, 9.17) is 0 Å². The summed E-state index contributed by atoms with van der Waals surface area (Å²) in [6.45, 7) is 8.04. The Morgan fingerprint density at radius 2 is 1.79 bits per heavy atom. The molecular weight excluding hydrogens is 426 g/mol. The average Bonchev–Trinajstić information content (AvgIpc) is 3.39. The van der Waals surface area contributed by atoms with Crippen LogP contribution in [0.15, 0.2) is 61.1 Å². The molecule has 0 radical (unpaired) electrons. The molecular formula is C26H25N7O. The predicted octanol–water partition coefficient (Wildman–Crippen LogP) is 4.42. The van der Waals surface area contributed by atoms with E-state index in [1.165, 1.54) is 17.5 Å². The van der Waals surface area contributed by atoms with Crippen LogP contribution in [0, 0.1) is 27.7 Å². The third-order valence-electron chi connectivity index (χ3n) is 5.83. The molecule has 1 amide bonds. The molecule has 0 saturated carbocycles. The summed E-state index contributed by atoms with van der Waals surface area (Å²) in [5.41, 5.74) is 6.82. The number of carbonyl (C=O) groups is 1. The van der Waals surface area contributed by atoms with Crippen molar-refractivity contribution in [2.24, 2.45) is 0 Å². The number of carbonyl (C=O) groups excluding carboxylic acids is 1. The van der Waals surface area contributed by atoms with Crippen molar-refractivity contribution in [3.05, 3.63) is 89.0 Å². The first-order chi connectivity index (χ1) is 16.4. The van der Waals surface area contributed by atoms with E-state index in [0.29, 0.717) is 17.3 Å². The van der Waals surface area contributed by atoms with Crippen molar-refractivity contribution >= 4 is 22.8 Å². The van der Waals surface area contributed by atoms with E-state index in [0.717, 1.165) is 27.9 Å². The molecule has 5 rings (SSSR count). The van der Waals surface area contributed by atoms with Gasteiger partial charge in [-0.25, -0.2) is 14.6 Å². The zero-order valence-electron chi connectivity index (χ0n) is 19.6. The molecule has 34 heavy (non-hydrogen) atoms. The Morgan fingerprint density at radius 3 is 2.59 bits per heavy atom. The van der Waals surface area contributed by atoms with Crippen LogP contribution in [0.2, 0.25) is 0 Å². The van der Waals surface area contributed by atoms with E-state index in [1.54, 1.807) is 15.6 Å². The molecule has 0 fully saturated rings. The van der Waals surface area contributed by atoms with Crippen molar-refractivity contribution in [2.45, 2.75) is 34.1 Å². The van der Waals surface area contributed by atoms with Crippen molar-refractivity contribution in [2.75, 3.05) is 5.32 Å². The molecule has 0 unspecified atom stereocenters. The fourth-order valence-electron chi connectivity index (χ4n) is 3.99. The maximum atomic E-state index is 12.8. The lowest BCUT2D eigenvalue weighted by molar-refractivity contribution is -0.115. The number of amides is 1. The first-order valence-electron chi connectivity index (χ1n) is 11.1. The van der Waals surface area contributed by atoms with Gasteiger partial charge in [-0.2, -0.15) is 14.9 Å². The molecule has 3 aromatic heterocycles. The second kappa shape index (κ2) is 8.55. The predicted molar refractivity (Wildman–Crippen MR) is 132 cm³/mol. The van der Waals surface area contributed by atoms with Crippen LogP contribution in [0.25, 0.3) is 22.5 Å². The van der Waals surface area contributed by atoms with Crippen LogP contribution in [0.3, 0.4) is 0 Å². The SMILES string of the molecule is Cc1cccc(CC(=O)Nc2cc(C)nn2-c2ncnc3c2cnn3-c2ccc(C)c(C)c2)c1. The summed E-state index contributed by atoms with van der Waals surface area (Å²) in [6, 6.07) is 15.9. The first kappa shape index (κ1) is 21.5. The number of benzene rings is 2. The molecule has 0 aliphatic heterocycles. The Labute approximate surface area is 197 Å². The summed E-state index contributed by atoms with van der Waals surface area (Å²) in [7, 11) is 0. The number of aromatic nitrogens is 6. The lowest BCUT2D eigenvalue weighted by Gasteiger charge is -2.10. The fraction of sp³-hybridized carbons (Fsp3) is 0.192. The van der Waals surface area contributed by atoms with Gasteiger partial charge >= 0.3 is 0 Å². The van der Waals surface area contributed by atoms with E-state index >= 15 is 0 Å². The third-order valence-corrected chi connectivity index (χ3v) is 5.83. The maximum absolute atomic E-state index is 12.8. The quantitative estimate of drug-likeness (QED) is 0.427. The van der Waals surface area contributed by atoms with Crippen LogP contribution >= 0.6 is 0 Å². The van der Waals surface area contributed by atoms with Gasteiger partial charge < -0.3 is 5.32 Å². The molecule has 3 heterocycles. The number of nitrogens with one attached hydrogen (secondary N) is 1. The Kier molecular flexibility index (Phi) is 5.41. The van der Waals surface area contributed by atoms with E-state index in [1.807, 2.05) is 50.2 Å². The first-order valence-corrected chi connectivity index (χ1v) is 11.1. The molecule has 0 spiro atoms. The largest absolute Gasteiger partial charge is 0.310 e. The molecule has 2 aromatic carbocycles. The van der Waals surface area contributed by atoms with Gasteiger partial charge in [-0.1, -0.05) is 35.9 Å². The molecule has 0 aliphatic carbocycles. The smallest absolute Gasteiger partial charge is 0.229 e. The zero-order valence-corrected chi connectivity index (χ0v) is 19.6. The van der Waals surface area contributed by atoms with Gasteiger partial charge in [-0.3, -0.25) is 4.79 Å². The minimum atomic E-state index is -0.122. The van der Waals surface area contributed by atoms with Crippen LogP contribution in [0.1, 0.15) is 27.9 Å². The minimum Gasteiger partial charge on any atom is -0.310 e. The van der Waals surface area contributed by atoms with Gasteiger partial charge in [0.05, 0.1) is 29.4 Å². The summed E-state index contributed by atoms with van der Waals surface area (Å²) in [6.07, 6.45) is 3.50. The Hall–Kier alpha value is -4.33. The van der Waals surface area contributed by atoms with Crippen LogP contribution in [0.5, 0.6) is 0 Å². The highest BCUT2D eigenvalue weighted by molar-refractivity contribution is 5.92. The summed E-state index contributed by atoms with van der Waals surface area (Å²) < 4.78 is 3.43. The molecule has 1 N–H and O–H groups in total. The number of anilines is 1. The van der Waals surface area contributed by atoms with Crippen molar-refractivity contribution < 1.29 is 4.79 Å². The van der Waals surface area contributed by atoms with Gasteiger partial charge in [-0.05, 0) is 56.5 Å². The van der Waals surface area contributed by atoms with Crippen LogP contribution in [-0.2, 0) is 11.2 Å². The highest BCUT2D eigenvalue weighted by Crippen LogP contribution is 2.25. The number of fused-ring (bicyclic) bond motifs is 1. The number of aryl methyl sites for hydroxylation is 4. The van der Waals surface area contributed by atoms with E-state index in [-0.39, 0.29) is 12.3 Å². The van der Waals surface area contributed by atoms with Gasteiger partial charge in [0.25, 0.3) is 0 Å². The highest BCUT2D eigenvalue weighted by Gasteiger charge is 2.18. The summed E-state index contributed by atoms with van der Waals surface area (Å²) in [5.74, 6) is 0.982. The van der Waals surface area contributed by atoms with Crippen LogP contribution in [0.4, 0.5) is 5.82 Å². The Balaban J connectivity index is 1.50. The Morgan fingerprint density at radius 1 is 0.941 bits per heavy atom. The minimum absolute atomic E-state index is 0.122. The van der Waals surface area contributed by atoms with Gasteiger partial charge in [-0.15, -0.1) is 0 Å². The van der Waals surface area contributed by atoms with Crippen LogP contribution in [-0.4, -0.2) is 35.4 Å². The highest BCUT2D eigenvalue weighted by atomic mass is 16.1. The monoisotopic (exact) mass is 451 g/mol. The zero-order chi connectivity index (χ0) is 23.8. The van der Waals surface area contributed by atoms with Crippen molar-refractivity contribution in [1.29, 1.82) is 0 Å². The third kappa shape index (κ3) is 4.05. The van der Waals surface area contributed by atoms with Crippen molar-refractivity contribution in [3.8, 4) is 11.5 Å². The number of hydrogen-bond donors (Lipinski definition) is 1. The molecule has 0 bridgehead atoms. The lowest BCUT2D eigenvalue weighted by atomic mass is 10.1. The summed E-state index contributed by atoms with van der Waals surface area (Å²) in [5, 5.41) is 12.9. The number of hydrogen-bond acceptors (Lipinski definition) is 5. The molecule has 0 aliphatic rings. The molecule has 8 nitrogen and oxygen atoms in total. The summed E-state index contributed by atoms with van der Waals surface area (Å²) in [4.78, 5) is 21.8. The summed E-state index contributed by atoms with van der Waals surface area (Å²) >= 11 is 0. The van der Waals surface area contributed by atoms with Gasteiger partial charge in [0.15, 0.2) is 11.5 Å². The molecule has 5 aromatic rings. The normalized spacial score (nSPS) is 11.2. The second-order valence-electron chi connectivity index (χ2n) is 8.56. The van der Waals surface area contributed by atoms with Gasteiger partial charge in [0.1, 0.15) is 12.1 Å². The fourth-order valence-corrected chi connectivity index (χ4v) is 3.99. The molecule has 0 saturated heterocycles. The number of nitrogens with zero attached hydrogens (tertiary/aromatic N) is 6. The van der Waals surface area contributed by atoms with Gasteiger partial charge in [0.2, 0.25) is 5.91 Å². The van der Waals surface area contributed by atoms with E-state index in [2.05, 4.69) is 51.5 Å². The van der Waals surface area contributed by atoms with Gasteiger partial charge in [0, 0.05) is 6.07 Å². The molecule has 0 atom stereocenters. The number of rotatable bonds is 5. The lowest BCUT2D eigenvalue weighted by Crippen LogP contribution is -2.17. The molecule has 170 valence electrons. The average molecular weight is 452 g/mol. The Bertz CT molecular complexity index is 1530. The molecule has 8 heteroatoms. The second-order valence-corrected chi connectivity index (χ2v) is 8.56. The maximum Gasteiger partial charge on any atom is 0.229 e.